The van der Waals surface area contributed by atoms with E-state index in [1.807, 2.05) is 0 Å². The summed E-state index contributed by atoms with van der Waals surface area (Å²) >= 11 is 0. The lowest BCUT2D eigenvalue weighted by Crippen LogP contribution is -1.99. The Labute approximate surface area is 87.1 Å². The van der Waals surface area contributed by atoms with Crippen LogP contribution >= 0.6 is 17.2 Å². The van der Waals surface area contributed by atoms with Gasteiger partial charge in [-0.2, -0.15) is 0 Å². The van der Waals surface area contributed by atoms with Crippen molar-refractivity contribution in [2.24, 2.45) is 0 Å². The van der Waals surface area contributed by atoms with Crippen molar-refractivity contribution in [3.8, 4) is 11.5 Å². The van der Waals surface area contributed by atoms with Gasteiger partial charge in [0.2, 0.25) is 0 Å². The Morgan fingerprint density at radius 2 is 1.79 bits per heavy atom. The van der Waals surface area contributed by atoms with Gasteiger partial charge in [-0.1, -0.05) is 6.07 Å². The van der Waals surface area contributed by atoms with Crippen molar-refractivity contribution in [2.45, 2.75) is 0 Å². The molecule has 3 nitrogen and oxygen atoms in total. The summed E-state index contributed by atoms with van der Waals surface area (Å²) in [6.07, 6.45) is 0. The van der Waals surface area contributed by atoms with Gasteiger partial charge in [-0.05, 0) is 20.4 Å². The molecule has 0 saturated heterocycles. The van der Waals surface area contributed by atoms with Gasteiger partial charge in [0, 0.05) is 0 Å². The Balaban J connectivity index is 3.25. The van der Waals surface area contributed by atoms with Gasteiger partial charge in [-0.3, -0.25) is 4.79 Å². The highest BCUT2D eigenvalue weighted by molar-refractivity contribution is 8.11. The van der Waals surface area contributed by atoms with Crippen LogP contribution in [-0.4, -0.2) is 19.7 Å². The van der Waals surface area contributed by atoms with E-state index in [2.05, 4.69) is 8.93 Å². The second kappa shape index (κ2) is 5.29. The van der Waals surface area contributed by atoms with Crippen LogP contribution in [0.15, 0.2) is 18.2 Å². The van der Waals surface area contributed by atoms with E-state index in [0.717, 1.165) is 0 Å². The molecule has 0 aliphatic heterocycles. The average Bonchev–Trinajstić information content (AvgIpc) is 2.26. The minimum Gasteiger partial charge on any atom is -0.496 e. The van der Waals surface area contributed by atoms with Crippen molar-refractivity contribution in [3.63, 3.8) is 0 Å². The molecule has 0 aromatic heterocycles. The van der Waals surface area contributed by atoms with Crippen LogP contribution in [0.4, 0.5) is 0 Å². The number of benzene rings is 1. The lowest BCUT2D eigenvalue weighted by Gasteiger charge is -2.10. The number of rotatable bonds is 4. The van der Waals surface area contributed by atoms with E-state index >= 15 is 0 Å². The van der Waals surface area contributed by atoms with Crippen LogP contribution in [0.3, 0.4) is 0 Å². The number of carbonyl (C=O) groups excluding carboxylic acids is 1. The number of methoxy groups -OCH3 is 2. The third kappa shape index (κ3) is 2.23. The van der Waals surface area contributed by atoms with Gasteiger partial charge < -0.3 is 9.47 Å². The van der Waals surface area contributed by atoms with Gasteiger partial charge >= 0.3 is 0 Å². The molecule has 2 atom stereocenters. The molecule has 0 aliphatic rings. The highest BCUT2D eigenvalue weighted by Gasteiger charge is 2.15. The standard InChI is InChI=1S/C9H12O3P2/c1-11-6-4-3-5-7(12-2)8(6)9(10)14-13/h3-5,14H,13H2,1-2H3. The second-order valence-corrected chi connectivity index (χ2v) is 4.12. The predicted molar refractivity (Wildman–Crippen MR) is 61.9 cm³/mol. The molecule has 14 heavy (non-hydrogen) atoms. The molecule has 0 radical (unpaired) electrons. The van der Waals surface area contributed by atoms with Gasteiger partial charge in [-0.15, -0.1) is 8.93 Å². The van der Waals surface area contributed by atoms with Crippen LogP contribution in [0.2, 0.25) is 0 Å². The zero-order valence-electron chi connectivity index (χ0n) is 8.03. The predicted octanol–water partition coefficient (Wildman–Crippen LogP) is 2.31. The van der Waals surface area contributed by atoms with Gasteiger partial charge in [0.15, 0.2) is 5.52 Å². The summed E-state index contributed by atoms with van der Waals surface area (Å²) in [5.41, 5.74) is 0.537. The highest BCUT2D eigenvalue weighted by Crippen LogP contribution is 2.36. The second-order valence-electron chi connectivity index (χ2n) is 2.51. The average molecular weight is 230 g/mol. The van der Waals surface area contributed by atoms with Gasteiger partial charge in [-0.25, -0.2) is 0 Å². The summed E-state index contributed by atoms with van der Waals surface area (Å²) in [4.78, 5) is 11.6. The summed E-state index contributed by atoms with van der Waals surface area (Å²) < 4.78 is 10.2. The molecular formula is C9H12O3P2. The van der Waals surface area contributed by atoms with Gasteiger partial charge in [0.25, 0.3) is 0 Å². The van der Waals surface area contributed by atoms with Crippen LogP contribution in [0.25, 0.3) is 0 Å². The summed E-state index contributed by atoms with van der Waals surface area (Å²) in [5, 5.41) is 0. The first-order valence-corrected chi connectivity index (χ1v) is 6.77. The molecule has 0 spiro atoms. The molecule has 0 heterocycles. The first kappa shape index (κ1) is 11.4. The van der Waals surface area contributed by atoms with Crippen molar-refractivity contribution in [2.75, 3.05) is 14.2 Å². The van der Waals surface area contributed by atoms with Crippen molar-refractivity contribution >= 4 is 22.7 Å². The Kier molecular flexibility index (Phi) is 4.31. The molecule has 0 fully saturated rings. The molecule has 2 unspecified atom stereocenters. The Hall–Kier alpha value is -0.650. The Morgan fingerprint density at radius 3 is 2.14 bits per heavy atom. The number of carbonyl (C=O) groups is 1. The summed E-state index contributed by atoms with van der Waals surface area (Å²) in [6.45, 7) is 0. The van der Waals surface area contributed by atoms with Gasteiger partial charge in [0.1, 0.15) is 17.1 Å². The van der Waals surface area contributed by atoms with E-state index in [-0.39, 0.29) is 13.8 Å². The van der Waals surface area contributed by atoms with Crippen LogP contribution in [0.1, 0.15) is 10.4 Å². The molecule has 5 heteroatoms. The fraction of sp³-hybridized carbons (Fsp3) is 0.222. The van der Waals surface area contributed by atoms with Crippen molar-refractivity contribution in [3.05, 3.63) is 23.8 Å². The largest absolute Gasteiger partial charge is 0.496 e. The van der Waals surface area contributed by atoms with E-state index in [1.54, 1.807) is 18.2 Å². The molecule has 0 amide bonds. The molecular weight excluding hydrogens is 218 g/mol. The maximum Gasteiger partial charge on any atom is 0.192 e. The third-order valence-corrected chi connectivity index (χ3v) is 3.08. The van der Waals surface area contributed by atoms with Crippen molar-refractivity contribution in [1.29, 1.82) is 0 Å². The van der Waals surface area contributed by atoms with Gasteiger partial charge in [0.05, 0.1) is 14.2 Å². The molecule has 1 aromatic carbocycles. The third-order valence-electron chi connectivity index (χ3n) is 1.79. The monoisotopic (exact) mass is 230 g/mol. The highest BCUT2D eigenvalue weighted by atomic mass is 32.0. The summed E-state index contributed by atoms with van der Waals surface area (Å²) in [7, 11) is 5.62. The number of hydrogen-bond donors (Lipinski definition) is 0. The molecule has 0 aliphatic carbocycles. The zero-order valence-corrected chi connectivity index (χ0v) is 10.2. The smallest absolute Gasteiger partial charge is 0.192 e. The van der Waals surface area contributed by atoms with Crippen LogP contribution < -0.4 is 9.47 Å². The van der Waals surface area contributed by atoms with E-state index in [0.29, 0.717) is 17.1 Å². The summed E-state index contributed by atoms with van der Waals surface area (Å²) in [6, 6.07) is 5.29. The topological polar surface area (TPSA) is 35.5 Å². The molecule has 1 aromatic rings. The Morgan fingerprint density at radius 1 is 1.29 bits per heavy atom. The molecule has 0 N–H and O–H groups in total. The maximum absolute atomic E-state index is 11.6. The van der Waals surface area contributed by atoms with Crippen LogP contribution in [0.5, 0.6) is 11.5 Å². The normalized spacial score (nSPS) is 10.5. The maximum atomic E-state index is 11.6. The fourth-order valence-corrected chi connectivity index (χ4v) is 1.97. The Bertz CT molecular complexity index is 317. The molecule has 0 saturated carbocycles. The SMILES string of the molecule is COc1cccc(OC)c1C(=O)PP. The molecule has 76 valence electrons. The molecule has 1 rings (SSSR count). The first-order chi connectivity index (χ1) is 6.74. The minimum atomic E-state index is 0.0179. The van der Waals surface area contributed by atoms with Crippen LogP contribution in [-0.2, 0) is 0 Å². The summed E-state index contributed by atoms with van der Waals surface area (Å²) in [5.74, 6) is 1.12. The number of ether oxygens (including phenoxy) is 2. The van der Waals surface area contributed by atoms with E-state index in [4.69, 9.17) is 9.47 Å². The lowest BCUT2D eigenvalue weighted by atomic mass is 10.2. The van der Waals surface area contributed by atoms with E-state index < -0.39 is 0 Å². The minimum absolute atomic E-state index is 0.0179. The van der Waals surface area contributed by atoms with Crippen LogP contribution in [0, 0.1) is 0 Å². The quantitative estimate of drug-likeness (QED) is 0.744. The first-order valence-electron chi connectivity index (χ1n) is 3.96. The zero-order chi connectivity index (χ0) is 10.6. The molecule has 0 bridgehead atoms. The lowest BCUT2D eigenvalue weighted by molar-refractivity contribution is 0.108. The van der Waals surface area contributed by atoms with E-state index in [9.17, 15) is 4.79 Å². The van der Waals surface area contributed by atoms with Crippen molar-refractivity contribution in [1.82, 2.24) is 0 Å². The fourth-order valence-electron chi connectivity index (χ4n) is 1.15. The van der Waals surface area contributed by atoms with Crippen molar-refractivity contribution < 1.29 is 14.3 Å². The number of hydrogen-bond acceptors (Lipinski definition) is 3. The van der Waals surface area contributed by atoms with E-state index in [1.165, 1.54) is 14.2 Å².